The van der Waals surface area contributed by atoms with E-state index in [4.69, 9.17) is 22.1 Å². The zero-order chi connectivity index (χ0) is 17.1. The Morgan fingerprint density at radius 3 is 2.62 bits per heavy atom. The van der Waals surface area contributed by atoms with Crippen molar-refractivity contribution in [1.82, 2.24) is 9.78 Å². The number of halogens is 1. The predicted octanol–water partition coefficient (Wildman–Crippen LogP) is 3.07. The third kappa shape index (κ3) is 2.75. The van der Waals surface area contributed by atoms with Crippen molar-refractivity contribution in [3.05, 3.63) is 34.6 Å². The number of aromatic nitrogens is 2. The molecule has 1 aromatic carbocycles. The first-order valence-electron chi connectivity index (χ1n) is 7.86. The molecule has 1 saturated carbocycles. The van der Waals surface area contributed by atoms with E-state index in [0.717, 1.165) is 24.2 Å². The number of benzene rings is 1. The van der Waals surface area contributed by atoms with E-state index in [1.165, 1.54) is 0 Å². The van der Waals surface area contributed by atoms with Gasteiger partial charge in [0.05, 0.1) is 34.0 Å². The summed E-state index contributed by atoms with van der Waals surface area (Å²) in [6.07, 6.45) is 2.16. The van der Waals surface area contributed by atoms with Crippen LogP contribution in [0.5, 0.6) is 11.5 Å². The minimum atomic E-state index is -2.91. The molecule has 0 unspecified atom stereocenters. The van der Waals surface area contributed by atoms with Crippen molar-refractivity contribution in [1.29, 1.82) is 0 Å². The molecule has 2 aliphatic rings. The summed E-state index contributed by atoms with van der Waals surface area (Å²) in [5, 5.41) is 5.11. The average Bonchev–Trinajstić information content (AvgIpc) is 3.28. The molecule has 1 aliphatic heterocycles. The van der Waals surface area contributed by atoms with Crippen LogP contribution >= 0.6 is 11.6 Å². The molecule has 0 radical (unpaired) electrons. The highest BCUT2D eigenvalue weighted by atomic mass is 35.5. The average molecular weight is 368 g/mol. The monoisotopic (exact) mass is 367 g/mol. The van der Waals surface area contributed by atoms with Crippen LogP contribution in [0.4, 0.5) is 5.69 Å². The Morgan fingerprint density at radius 2 is 2.04 bits per heavy atom. The molecule has 1 aliphatic carbocycles. The van der Waals surface area contributed by atoms with Crippen LogP contribution in [0.15, 0.2) is 18.2 Å². The van der Waals surface area contributed by atoms with Crippen LogP contribution in [-0.2, 0) is 9.84 Å². The van der Waals surface area contributed by atoms with Gasteiger partial charge < -0.3 is 10.5 Å². The second-order valence-corrected chi connectivity index (χ2v) is 9.10. The summed E-state index contributed by atoms with van der Waals surface area (Å²) in [5.74, 6) is 1.99. The highest BCUT2D eigenvalue weighted by molar-refractivity contribution is 7.92. The maximum Gasteiger partial charge on any atom is 0.171 e. The Hall–Kier alpha value is -1.73. The second-order valence-electron chi connectivity index (χ2n) is 6.53. The number of anilines is 1. The van der Waals surface area contributed by atoms with Crippen LogP contribution < -0.4 is 10.5 Å². The first kappa shape index (κ1) is 15.8. The number of sulfone groups is 1. The van der Waals surface area contributed by atoms with E-state index in [2.05, 4.69) is 5.10 Å². The van der Waals surface area contributed by atoms with Gasteiger partial charge in [0.1, 0.15) is 11.4 Å². The van der Waals surface area contributed by atoms with Crippen molar-refractivity contribution < 1.29 is 13.2 Å². The van der Waals surface area contributed by atoms with Crippen molar-refractivity contribution in [2.45, 2.75) is 31.7 Å². The van der Waals surface area contributed by atoms with E-state index in [1.54, 1.807) is 18.2 Å². The van der Waals surface area contributed by atoms with Crippen LogP contribution in [0, 0.1) is 6.92 Å². The van der Waals surface area contributed by atoms with Gasteiger partial charge in [-0.15, -0.1) is 0 Å². The molecule has 1 saturated heterocycles. The van der Waals surface area contributed by atoms with E-state index in [-0.39, 0.29) is 17.5 Å². The molecule has 8 heteroatoms. The van der Waals surface area contributed by atoms with Gasteiger partial charge >= 0.3 is 0 Å². The summed E-state index contributed by atoms with van der Waals surface area (Å²) in [6, 6.07) is 5.05. The molecule has 0 atom stereocenters. The Labute approximate surface area is 145 Å². The van der Waals surface area contributed by atoms with Crippen molar-refractivity contribution in [2.24, 2.45) is 0 Å². The fourth-order valence-corrected chi connectivity index (χ4v) is 4.53. The smallest absolute Gasteiger partial charge is 0.171 e. The Kier molecular flexibility index (Phi) is 3.54. The lowest BCUT2D eigenvalue weighted by molar-refractivity contribution is 0.451. The molecule has 6 nitrogen and oxygen atoms in total. The fraction of sp³-hybridized carbons (Fsp3) is 0.438. The summed E-state index contributed by atoms with van der Waals surface area (Å²) in [7, 11) is -2.91. The van der Waals surface area contributed by atoms with E-state index >= 15 is 0 Å². The number of ether oxygens (including phenoxy) is 1. The molecule has 0 bridgehead atoms. The highest BCUT2D eigenvalue weighted by Crippen LogP contribution is 2.47. The quantitative estimate of drug-likeness (QED) is 0.839. The van der Waals surface area contributed by atoms with Crippen molar-refractivity contribution in [3.63, 3.8) is 0 Å². The van der Waals surface area contributed by atoms with Gasteiger partial charge in [-0.25, -0.2) is 8.42 Å². The van der Waals surface area contributed by atoms with Gasteiger partial charge in [0.2, 0.25) is 0 Å². The zero-order valence-corrected chi connectivity index (χ0v) is 14.8. The first-order chi connectivity index (χ1) is 11.3. The topological polar surface area (TPSA) is 87.2 Å². The molecule has 2 heterocycles. The molecule has 2 aromatic rings. The van der Waals surface area contributed by atoms with Crippen LogP contribution in [0.25, 0.3) is 0 Å². The zero-order valence-electron chi connectivity index (χ0n) is 13.2. The highest BCUT2D eigenvalue weighted by Gasteiger charge is 2.39. The predicted molar refractivity (Wildman–Crippen MR) is 92.6 cm³/mol. The summed E-state index contributed by atoms with van der Waals surface area (Å²) in [6.45, 7) is 1.91. The molecule has 2 N–H and O–H groups in total. The molecule has 2 fully saturated rings. The van der Waals surface area contributed by atoms with E-state index in [9.17, 15) is 8.42 Å². The standard InChI is InChI=1S/C16H18ClN3O3S/c1-9-16(23-12-4-5-14(18)13(17)6-12)15(10-2-3-10)19-20(9)11-7-24(21,22)8-11/h4-6,10-11H,2-3,7-8,18H2,1H3. The van der Waals surface area contributed by atoms with Crippen LogP contribution in [0.3, 0.4) is 0 Å². The number of rotatable bonds is 4. The van der Waals surface area contributed by atoms with Gasteiger partial charge in [0, 0.05) is 12.0 Å². The van der Waals surface area contributed by atoms with Gasteiger partial charge in [-0.1, -0.05) is 11.6 Å². The number of nitrogens with zero attached hydrogens (tertiary/aromatic N) is 2. The van der Waals surface area contributed by atoms with Crippen LogP contribution in [0.2, 0.25) is 5.02 Å². The van der Waals surface area contributed by atoms with E-state index in [0.29, 0.717) is 28.1 Å². The Morgan fingerprint density at radius 1 is 1.33 bits per heavy atom. The molecule has 4 rings (SSSR count). The fourth-order valence-electron chi connectivity index (χ4n) is 3.00. The third-order valence-electron chi connectivity index (χ3n) is 4.51. The van der Waals surface area contributed by atoms with Crippen molar-refractivity contribution >= 4 is 27.1 Å². The van der Waals surface area contributed by atoms with Crippen molar-refractivity contribution in [3.8, 4) is 11.5 Å². The maximum atomic E-state index is 11.5. The molecular weight excluding hydrogens is 350 g/mol. The van der Waals surface area contributed by atoms with Gasteiger partial charge in [-0.05, 0) is 31.9 Å². The van der Waals surface area contributed by atoms with Crippen LogP contribution in [-0.4, -0.2) is 29.7 Å². The Balaban J connectivity index is 1.68. The molecule has 128 valence electrons. The normalized spacial score (nSPS) is 19.9. The maximum absolute atomic E-state index is 11.5. The summed E-state index contributed by atoms with van der Waals surface area (Å²) in [4.78, 5) is 0. The Bertz CT molecular complexity index is 907. The van der Waals surface area contributed by atoms with E-state index < -0.39 is 9.84 Å². The van der Waals surface area contributed by atoms with Gasteiger partial charge in [0.15, 0.2) is 15.6 Å². The largest absolute Gasteiger partial charge is 0.453 e. The number of nitrogen functional groups attached to an aromatic ring is 1. The third-order valence-corrected chi connectivity index (χ3v) is 6.63. The van der Waals surface area contributed by atoms with Gasteiger partial charge in [-0.2, -0.15) is 5.10 Å². The molecular formula is C16H18ClN3O3S. The molecule has 1 aromatic heterocycles. The lowest BCUT2D eigenvalue weighted by Gasteiger charge is -2.27. The SMILES string of the molecule is Cc1c(Oc2ccc(N)c(Cl)c2)c(C2CC2)nn1C1CS(=O)(=O)C1. The molecule has 0 spiro atoms. The van der Waals surface area contributed by atoms with E-state index in [1.807, 2.05) is 11.6 Å². The van der Waals surface area contributed by atoms with Crippen molar-refractivity contribution in [2.75, 3.05) is 17.2 Å². The minimum absolute atomic E-state index is 0.0974. The van der Waals surface area contributed by atoms with Gasteiger partial charge in [0.25, 0.3) is 0 Å². The minimum Gasteiger partial charge on any atom is -0.453 e. The first-order valence-corrected chi connectivity index (χ1v) is 10.1. The number of hydrogen-bond acceptors (Lipinski definition) is 5. The number of nitrogens with two attached hydrogens (primary N) is 1. The molecule has 24 heavy (non-hydrogen) atoms. The van der Waals surface area contributed by atoms with Gasteiger partial charge in [-0.3, -0.25) is 4.68 Å². The summed E-state index contributed by atoms with van der Waals surface area (Å²) >= 11 is 6.06. The lowest BCUT2D eigenvalue weighted by Crippen LogP contribution is -2.39. The summed E-state index contributed by atoms with van der Waals surface area (Å²) in [5.41, 5.74) is 7.99. The second kappa shape index (κ2) is 5.39. The van der Waals surface area contributed by atoms with Crippen LogP contribution in [0.1, 0.15) is 36.2 Å². The molecule has 0 amide bonds. The number of hydrogen-bond donors (Lipinski definition) is 1. The lowest BCUT2D eigenvalue weighted by atomic mass is 10.2. The summed E-state index contributed by atoms with van der Waals surface area (Å²) < 4.78 is 30.8.